The van der Waals surface area contributed by atoms with E-state index in [9.17, 15) is 0 Å². The molecule has 0 N–H and O–H groups in total. The van der Waals surface area contributed by atoms with Crippen molar-refractivity contribution in [3.63, 3.8) is 0 Å². The van der Waals surface area contributed by atoms with Crippen molar-refractivity contribution in [3.8, 4) is 0 Å². The molecule has 4 rings (SSSR count). The summed E-state index contributed by atoms with van der Waals surface area (Å²) in [4.78, 5) is 0. The second kappa shape index (κ2) is 12.5. The van der Waals surface area contributed by atoms with Crippen LogP contribution in [0, 0.1) is 5.41 Å². The smallest absolute Gasteiger partial charge is 0.312 e. The molecular formula is C29H42O6P2. The second-order valence-electron chi connectivity index (χ2n) is 12.1. The number of rotatable bonds is 8. The Kier molecular flexibility index (Phi) is 9.81. The van der Waals surface area contributed by atoms with Gasteiger partial charge in [0, 0.05) is 0 Å². The minimum atomic E-state index is -1.34. The van der Waals surface area contributed by atoms with E-state index in [1.165, 1.54) is 22.3 Å². The molecule has 0 atom stereocenters. The highest BCUT2D eigenvalue weighted by atomic mass is 31.2. The minimum absolute atomic E-state index is 0.163. The summed E-state index contributed by atoms with van der Waals surface area (Å²) in [6.07, 6.45) is 1.66. The molecule has 0 aromatic heterocycles. The minimum Gasteiger partial charge on any atom is -0.312 e. The zero-order valence-electron chi connectivity index (χ0n) is 23.1. The fraction of sp³-hybridized carbons (Fsp3) is 0.586. The summed E-state index contributed by atoms with van der Waals surface area (Å²) in [5.41, 5.74) is 5.20. The number of hydrogen-bond acceptors (Lipinski definition) is 6. The van der Waals surface area contributed by atoms with Gasteiger partial charge in [-0.1, -0.05) is 90.1 Å². The molecule has 0 amide bonds. The summed E-state index contributed by atoms with van der Waals surface area (Å²) in [7, 11) is -2.67. The third-order valence-corrected chi connectivity index (χ3v) is 8.87. The van der Waals surface area contributed by atoms with Gasteiger partial charge in [-0.3, -0.25) is 0 Å². The molecule has 8 heteroatoms. The average molecular weight is 549 g/mol. The van der Waals surface area contributed by atoms with Gasteiger partial charge in [-0.05, 0) is 45.9 Å². The Morgan fingerprint density at radius 1 is 0.595 bits per heavy atom. The fourth-order valence-corrected chi connectivity index (χ4v) is 6.50. The fourth-order valence-electron chi connectivity index (χ4n) is 4.05. The molecule has 2 heterocycles. The lowest BCUT2D eigenvalue weighted by atomic mass is 9.86. The van der Waals surface area contributed by atoms with Crippen molar-refractivity contribution < 1.29 is 27.1 Å². The Hall–Kier alpha value is -0.940. The Bertz CT molecular complexity index is 880. The lowest BCUT2D eigenvalue weighted by molar-refractivity contribution is -0.0758. The third-order valence-electron chi connectivity index (χ3n) is 6.72. The quantitative estimate of drug-likeness (QED) is 0.316. The van der Waals surface area contributed by atoms with Gasteiger partial charge in [0.2, 0.25) is 0 Å². The van der Waals surface area contributed by atoms with E-state index in [0.717, 1.165) is 12.8 Å². The monoisotopic (exact) mass is 548 g/mol. The van der Waals surface area contributed by atoms with Crippen molar-refractivity contribution in [1.29, 1.82) is 0 Å². The van der Waals surface area contributed by atoms with Crippen LogP contribution >= 0.6 is 17.2 Å². The molecule has 2 aromatic rings. The van der Waals surface area contributed by atoms with Crippen molar-refractivity contribution in [2.75, 3.05) is 39.6 Å². The molecule has 6 nitrogen and oxygen atoms in total. The Labute approximate surface area is 225 Å². The lowest BCUT2D eigenvalue weighted by Gasteiger charge is -2.41. The first-order valence-corrected chi connectivity index (χ1v) is 15.3. The molecule has 37 heavy (non-hydrogen) atoms. The highest BCUT2D eigenvalue weighted by Crippen LogP contribution is 2.53. The van der Waals surface area contributed by atoms with Gasteiger partial charge in [-0.2, -0.15) is 0 Å². The number of benzene rings is 2. The summed E-state index contributed by atoms with van der Waals surface area (Å²) >= 11 is 0. The van der Waals surface area contributed by atoms with Crippen LogP contribution in [-0.4, -0.2) is 39.6 Å². The van der Waals surface area contributed by atoms with Crippen LogP contribution in [-0.2, 0) is 50.8 Å². The summed E-state index contributed by atoms with van der Waals surface area (Å²) < 4.78 is 35.4. The molecule has 2 aromatic carbocycles. The van der Waals surface area contributed by atoms with Gasteiger partial charge >= 0.3 is 17.2 Å². The molecule has 204 valence electrons. The maximum Gasteiger partial charge on any atom is 0.332 e. The summed E-state index contributed by atoms with van der Waals surface area (Å²) in [5, 5.41) is 0. The third kappa shape index (κ3) is 8.52. The van der Waals surface area contributed by atoms with Crippen LogP contribution in [0.1, 0.15) is 63.8 Å². The van der Waals surface area contributed by atoms with Crippen LogP contribution in [0.25, 0.3) is 0 Å². The second-order valence-corrected chi connectivity index (χ2v) is 14.5. The van der Waals surface area contributed by atoms with Crippen molar-refractivity contribution in [1.82, 2.24) is 0 Å². The van der Waals surface area contributed by atoms with E-state index in [2.05, 4.69) is 90.1 Å². The van der Waals surface area contributed by atoms with E-state index in [1.807, 2.05) is 0 Å². The molecule has 0 radical (unpaired) electrons. The molecule has 1 spiro atoms. The van der Waals surface area contributed by atoms with Crippen LogP contribution in [0.15, 0.2) is 48.5 Å². The Morgan fingerprint density at radius 3 is 1.22 bits per heavy atom. The van der Waals surface area contributed by atoms with Gasteiger partial charge in [-0.25, -0.2) is 0 Å². The molecular weight excluding hydrogens is 506 g/mol. The highest BCUT2D eigenvalue weighted by molar-refractivity contribution is 7.42. The first-order valence-electron chi connectivity index (χ1n) is 13.1. The average Bonchev–Trinajstić information content (AvgIpc) is 2.86. The molecule has 0 bridgehead atoms. The van der Waals surface area contributed by atoms with Gasteiger partial charge in [0.15, 0.2) is 0 Å². The molecule has 2 saturated heterocycles. The van der Waals surface area contributed by atoms with Crippen molar-refractivity contribution >= 4 is 17.2 Å². The van der Waals surface area contributed by atoms with Gasteiger partial charge < -0.3 is 27.1 Å². The van der Waals surface area contributed by atoms with Crippen LogP contribution < -0.4 is 0 Å². The summed E-state index contributed by atoms with van der Waals surface area (Å²) in [6, 6.07) is 17.5. The predicted molar refractivity (Wildman–Crippen MR) is 150 cm³/mol. The molecule has 0 saturated carbocycles. The lowest BCUT2D eigenvalue weighted by Crippen LogP contribution is -2.44. The summed E-state index contributed by atoms with van der Waals surface area (Å²) in [6.45, 7) is 16.5. The SMILES string of the molecule is CC(C)(C)c1ccc(CCOP2OCC3(CO2)COP(OCCc2ccc(C(C)(C)C)cc2)OC3)cc1. The standard InChI is InChI=1S/C29H42O6P2/c1-27(2,3)25-11-7-23(8-12-25)15-17-30-36-32-19-29(20-33-36)21-34-37(35-22-29)31-18-16-24-9-13-26(14-10-24)28(4,5)6/h7-14H,15-22H2,1-6H3. The zero-order chi connectivity index (χ0) is 26.5. The maximum absolute atomic E-state index is 5.91. The van der Waals surface area contributed by atoms with E-state index < -0.39 is 17.2 Å². The topological polar surface area (TPSA) is 55.4 Å². The van der Waals surface area contributed by atoms with Crippen molar-refractivity contribution in [2.24, 2.45) is 5.41 Å². The first-order chi connectivity index (χ1) is 17.5. The van der Waals surface area contributed by atoms with Gasteiger partial charge in [0.1, 0.15) is 0 Å². The summed E-state index contributed by atoms with van der Waals surface area (Å²) in [5.74, 6) is 0. The van der Waals surface area contributed by atoms with Crippen LogP contribution in [0.5, 0.6) is 0 Å². The van der Waals surface area contributed by atoms with Crippen LogP contribution in [0.4, 0.5) is 0 Å². The van der Waals surface area contributed by atoms with Crippen LogP contribution in [0.2, 0.25) is 0 Å². The maximum atomic E-state index is 5.91. The molecule has 2 aliphatic rings. The molecule has 2 fully saturated rings. The van der Waals surface area contributed by atoms with Gasteiger partial charge in [0.25, 0.3) is 0 Å². The molecule has 0 unspecified atom stereocenters. The van der Waals surface area contributed by atoms with Crippen LogP contribution in [0.3, 0.4) is 0 Å². The van der Waals surface area contributed by atoms with Crippen molar-refractivity contribution in [2.45, 2.75) is 65.2 Å². The van der Waals surface area contributed by atoms with Gasteiger partial charge in [-0.15, -0.1) is 0 Å². The Morgan fingerprint density at radius 2 is 0.919 bits per heavy atom. The van der Waals surface area contributed by atoms with Gasteiger partial charge in [0.05, 0.1) is 45.1 Å². The predicted octanol–water partition coefficient (Wildman–Crippen LogP) is 7.63. The van der Waals surface area contributed by atoms with E-state index >= 15 is 0 Å². The highest BCUT2D eigenvalue weighted by Gasteiger charge is 2.44. The molecule has 2 aliphatic heterocycles. The zero-order valence-corrected chi connectivity index (χ0v) is 24.9. The molecule has 0 aliphatic carbocycles. The normalized spacial score (nSPS) is 24.9. The Balaban J connectivity index is 1.11. The van der Waals surface area contributed by atoms with E-state index in [0.29, 0.717) is 39.6 Å². The first kappa shape index (κ1) is 29.1. The van der Waals surface area contributed by atoms with E-state index in [1.54, 1.807) is 0 Å². The largest absolute Gasteiger partial charge is 0.332 e. The van der Waals surface area contributed by atoms with Crippen molar-refractivity contribution in [3.05, 3.63) is 70.8 Å². The van der Waals surface area contributed by atoms with E-state index in [-0.39, 0.29) is 16.2 Å². The number of hydrogen-bond donors (Lipinski definition) is 0. The van der Waals surface area contributed by atoms with E-state index in [4.69, 9.17) is 27.1 Å².